The van der Waals surface area contributed by atoms with E-state index >= 15 is 0 Å². The van der Waals surface area contributed by atoms with Crippen molar-refractivity contribution in [1.82, 2.24) is 0 Å². The third-order valence-electron chi connectivity index (χ3n) is 11.2. The molecule has 30 heavy (non-hydrogen) atoms. The second-order valence-electron chi connectivity index (χ2n) is 12.5. The van der Waals surface area contributed by atoms with Gasteiger partial charge in [0.1, 0.15) is 0 Å². The van der Waals surface area contributed by atoms with Crippen LogP contribution in [0.1, 0.15) is 85.5 Å². The van der Waals surface area contributed by atoms with Crippen LogP contribution in [0.25, 0.3) is 0 Å². The molecular weight excluding hydrogens is 372 g/mol. The lowest BCUT2D eigenvalue weighted by Gasteiger charge is -2.58. The summed E-state index contributed by atoms with van der Waals surface area (Å²) < 4.78 is 13.3. The Kier molecular flexibility index (Phi) is 4.29. The first-order valence-corrected chi connectivity index (χ1v) is 12.8. The molecule has 166 valence electrons. The average Bonchev–Trinajstić information content (AvgIpc) is 3.16. The van der Waals surface area contributed by atoms with Crippen LogP contribution < -0.4 is 0 Å². The average molecular weight is 413 g/mol. The summed E-state index contributed by atoms with van der Waals surface area (Å²) in [5, 5.41) is 0. The maximum atomic E-state index is 12.1. The van der Waals surface area contributed by atoms with Crippen molar-refractivity contribution in [3.8, 4) is 0 Å². The van der Waals surface area contributed by atoms with E-state index in [9.17, 15) is 4.79 Å². The SMILES string of the molecule is CC1CC[C@@]2(OC1)OC1CC3C4CCC5=CC(=O)CC[C@]5(C)C4CC[C@]3(C)C1[C@@H]2C. The van der Waals surface area contributed by atoms with Gasteiger partial charge in [-0.15, -0.1) is 0 Å². The number of allylic oxidation sites excluding steroid dienone is 1. The lowest BCUT2D eigenvalue weighted by Crippen LogP contribution is -2.52. The highest BCUT2D eigenvalue weighted by molar-refractivity contribution is 5.91. The molecule has 3 heteroatoms. The number of hydrogen-bond acceptors (Lipinski definition) is 3. The molecule has 4 aliphatic carbocycles. The molecule has 5 fully saturated rings. The Morgan fingerprint density at radius 2 is 1.83 bits per heavy atom. The maximum absolute atomic E-state index is 12.1. The molecule has 3 nitrogen and oxygen atoms in total. The van der Waals surface area contributed by atoms with E-state index < -0.39 is 0 Å². The van der Waals surface area contributed by atoms with Gasteiger partial charge in [-0.3, -0.25) is 4.79 Å². The number of ketones is 1. The van der Waals surface area contributed by atoms with Crippen molar-refractivity contribution in [2.24, 2.45) is 46.3 Å². The Balaban J connectivity index is 1.28. The van der Waals surface area contributed by atoms with Crippen molar-refractivity contribution >= 4 is 5.78 Å². The molecule has 0 bridgehead atoms. The predicted molar refractivity (Wildman–Crippen MR) is 117 cm³/mol. The van der Waals surface area contributed by atoms with E-state index in [0.717, 1.165) is 50.0 Å². The summed E-state index contributed by atoms with van der Waals surface area (Å²) in [4.78, 5) is 12.1. The minimum Gasteiger partial charge on any atom is -0.349 e. The van der Waals surface area contributed by atoms with Gasteiger partial charge in [-0.2, -0.15) is 0 Å². The minimum absolute atomic E-state index is 0.270. The summed E-state index contributed by atoms with van der Waals surface area (Å²) in [5.74, 6) is 4.24. The van der Waals surface area contributed by atoms with Gasteiger partial charge in [-0.25, -0.2) is 0 Å². The molecule has 6 rings (SSSR count). The normalized spacial score (nSPS) is 57.4. The number of hydrogen-bond donors (Lipinski definition) is 0. The molecule has 0 aromatic rings. The van der Waals surface area contributed by atoms with Gasteiger partial charge in [0.05, 0.1) is 12.7 Å². The smallest absolute Gasteiger partial charge is 0.171 e. The zero-order chi connectivity index (χ0) is 20.9. The van der Waals surface area contributed by atoms with Gasteiger partial charge in [-0.1, -0.05) is 33.3 Å². The molecule has 6 unspecified atom stereocenters. The fraction of sp³-hybridized carbons (Fsp3) is 0.889. The molecule has 10 atom stereocenters. The van der Waals surface area contributed by atoms with Gasteiger partial charge in [0, 0.05) is 18.8 Å². The predicted octanol–water partition coefficient (Wildman–Crippen LogP) is 5.92. The Hall–Kier alpha value is -0.670. The topological polar surface area (TPSA) is 35.5 Å². The van der Waals surface area contributed by atoms with Crippen LogP contribution in [0, 0.1) is 46.3 Å². The summed E-state index contributed by atoms with van der Waals surface area (Å²) >= 11 is 0. The lowest BCUT2D eigenvalue weighted by atomic mass is 9.46. The van der Waals surface area contributed by atoms with E-state index in [1.54, 1.807) is 0 Å². The van der Waals surface area contributed by atoms with Crippen LogP contribution in [0.4, 0.5) is 0 Å². The van der Waals surface area contributed by atoms with E-state index in [4.69, 9.17) is 9.47 Å². The fourth-order valence-corrected chi connectivity index (χ4v) is 9.58. The van der Waals surface area contributed by atoms with E-state index in [1.807, 2.05) is 6.08 Å². The Morgan fingerprint density at radius 3 is 2.60 bits per heavy atom. The molecule has 3 saturated carbocycles. The second-order valence-corrected chi connectivity index (χ2v) is 12.5. The summed E-state index contributed by atoms with van der Waals surface area (Å²) in [5.41, 5.74) is 2.14. The van der Waals surface area contributed by atoms with Gasteiger partial charge >= 0.3 is 0 Å². The molecular formula is C27H40O3. The summed E-state index contributed by atoms with van der Waals surface area (Å²) in [7, 11) is 0. The van der Waals surface area contributed by atoms with Crippen LogP contribution in [0.2, 0.25) is 0 Å². The van der Waals surface area contributed by atoms with Crippen LogP contribution in [-0.4, -0.2) is 24.3 Å². The third kappa shape index (κ3) is 2.48. The van der Waals surface area contributed by atoms with E-state index in [0.29, 0.717) is 35.1 Å². The van der Waals surface area contributed by atoms with Crippen molar-refractivity contribution in [2.75, 3.05) is 6.61 Å². The highest BCUT2D eigenvalue weighted by atomic mass is 16.7. The van der Waals surface area contributed by atoms with Crippen LogP contribution >= 0.6 is 0 Å². The molecule has 0 aromatic carbocycles. The number of ether oxygens (including phenoxy) is 2. The number of carbonyl (C=O) groups is 1. The molecule has 2 aliphatic heterocycles. The van der Waals surface area contributed by atoms with Crippen molar-refractivity contribution in [3.05, 3.63) is 11.6 Å². The monoisotopic (exact) mass is 412 g/mol. The highest BCUT2D eigenvalue weighted by Gasteiger charge is 2.68. The molecule has 0 N–H and O–H groups in total. The molecule has 2 heterocycles. The van der Waals surface area contributed by atoms with Crippen LogP contribution in [-0.2, 0) is 14.3 Å². The maximum Gasteiger partial charge on any atom is 0.171 e. The molecule has 0 aromatic heterocycles. The van der Waals surface area contributed by atoms with E-state index in [2.05, 4.69) is 27.7 Å². The largest absolute Gasteiger partial charge is 0.349 e. The Morgan fingerprint density at radius 1 is 1.00 bits per heavy atom. The van der Waals surface area contributed by atoms with E-state index in [-0.39, 0.29) is 11.2 Å². The van der Waals surface area contributed by atoms with Gasteiger partial charge in [0.15, 0.2) is 11.6 Å². The van der Waals surface area contributed by atoms with Crippen LogP contribution in [0.15, 0.2) is 11.6 Å². The molecule has 0 amide bonds. The van der Waals surface area contributed by atoms with E-state index in [1.165, 1.54) is 37.7 Å². The summed E-state index contributed by atoms with van der Waals surface area (Å²) in [6.45, 7) is 10.7. The quantitative estimate of drug-likeness (QED) is 0.495. The van der Waals surface area contributed by atoms with Crippen molar-refractivity contribution < 1.29 is 14.3 Å². The van der Waals surface area contributed by atoms with Crippen LogP contribution in [0.5, 0.6) is 0 Å². The van der Waals surface area contributed by atoms with Gasteiger partial charge in [-0.05, 0) is 91.4 Å². The van der Waals surface area contributed by atoms with Crippen LogP contribution in [0.3, 0.4) is 0 Å². The lowest BCUT2D eigenvalue weighted by molar-refractivity contribution is -0.272. The summed E-state index contributed by atoms with van der Waals surface area (Å²) in [6, 6.07) is 0. The first kappa shape index (κ1) is 20.0. The zero-order valence-electron chi connectivity index (χ0n) is 19.4. The number of fused-ring (bicyclic) bond motifs is 7. The molecule has 6 aliphatic rings. The van der Waals surface area contributed by atoms with Gasteiger partial charge in [0.25, 0.3) is 0 Å². The van der Waals surface area contributed by atoms with Gasteiger partial charge in [0.2, 0.25) is 0 Å². The number of carbonyl (C=O) groups excluding carboxylic acids is 1. The molecule has 0 radical (unpaired) electrons. The second kappa shape index (κ2) is 6.44. The highest BCUT2D eigenvalue weighted by Crippen LogP contribution is 2.70. The minimum atomic E-state index is -0.301. The first-order valence-electron chi connectivity index (χ1n) is 12.8. The number of rotatable bonds is 0. The zero-order valence-corrected chi connectivity index (χ0v) is 19.4. The Bertz CT molecular complexity index is 777. The standard InChI is InChI=1S/C27H40O3/c1-16-7-12-27(29-15-16)17(2)24-23(30-27)14-22-20-6-5-18-13-19(28)8-10-25(18,3)21(20)9-11-26(22,24)4/h13,16-17,20-24H,5-12,14-15H2,1-4H3/t16?,17-,20?,21?,22?,23?,24?,25-,26-,27+/m0/s1. The summed E-state index contributed by atoms with van der Waals surface area (Å²) in [6.07, 6.45) is 12.9. The first-order chi connectivity index (χ1) is 14.3. The molecule has 1 spiro atoms. The Labute approximate surface area is 182 Å². The van der Waals surface area contributed by atoms with Crippen molar-refractivity contribution in [3.63, 3.8) is 0 Å². The van der Waals surface area contributed by atoms with Gasteiger partial charge < -0.3 is 9.47 Å². The third-order valence-corrected chi connectivity index (χ3v) is 11.2. The van der Waals surface area contributed by atoms with Crippen molar-refractivity contribution in [1.29, 1.82) is 0 Å². The fourth-order valence-electron chi connectivity index (χ4n) is 9.58. The van der Waals surface area contributed by atoms with Crippen molar-refractivity contribution in [2.45, 2.75) is 97.4 Å². The molecule has 2 saturated heterocycles.